The molecular formula is C14H25N3O. The van der Waals surface area contributed by atoms with Crippen molar-refractivity contribution >= 4 is 5.78 Å². The third kappa shape index (κ3) is 5.00. The molecule has 1 atom stereocenters. The number of nitrogens with zero attached hydrogens (tertiary/aromatic N) is 2. The van der Waals surface area contributed by atoms with E-state index in [0.717, 1.165) is 18.5 Å². The minimum absolute atomic E-state index is 0.312. The van der Waals surface area contributed by atoms with Crippen molar-refractivity contribution in [1.82, 2.24) is 9.78 Å². The van der Waals surface area contributed by atoms with Gasteiger partial charge in [0.05, 0.1) is 0 Å². The number of ketones is 1. The highest BCUT2D eigenvalue weighted by atomic mass is 16.1. The molecule has 18 heavy (non-hydrogen) atoms. The first kappa shape index (κ1) is 14.9. The highest BCUT2D eigenvalue weighted by Gasteiger charge is 2.14. The van der Waals surface area contributed by atoms with Crippen molar-refractivity contribution < 1.29 is 4.79 Å². The van der Waals surface area contributed by atoms with E-state index in [1.54, 1.807) is 6.20 Å². The predicted octanol–water partition coefficient (Wildman–Crippen LogP) is 1.93. The molecule has 2 N–H and O–H groups in total. The monoisotopic (exact) mass is 251 g/mol. The number of aromatic nitrogens is 2. The lowest BCUT2D eigenvalue weighted by Crippen LogP contribution is -2.20. The lowest BCUT2D eigenvalue weighted by Gasteiger charge is -2.16. The van der Waals surface area contributed by atoms with Gasteiger partial charge in [-0.2, -0.15) is 5.10 Å². The quantitative estimate of drug-likeness (QED) is 0.768. The van der Waals surface area contributed by atoms with Crippen molar-refractivity contribution in [3.05, 3.63) is 18.0 Å². The minimum Gasteiger partial charge on any atom is -0.330 e. The molecule has 0 fully saturated rings. The Morgan fingerprint density at radius 2 is 2.22 bits per heavy atom. The van der Waals surface area contributed by atoms with Crippen LogP contribution in [0, 0.1) is 11.8 Å². The van der Waals surface area contributed by atoms with Crippen molar-refractivity contribution in [3.63, 3.8) is 0 Å². The number of hydrogen-bond acceptors (Lipinski definition) is 3. The van der Waals surface area contributed by atoms with Crippen LogP contribution in [0.5, 0.6) is 0 Å². The minimum atomic E-state index is 0.312. The molecule has 102 valence electrons. The first-order chi connectivity index (χ1) is 8.52. The fraction of sp³-hybridized carbons (Fsp3) is 0.714. The number of carbonyl (C=O) groups is 1. The van der Waals surface area contributed by atoms with Crippen molar-refractivity contribution in [1.29, 1.82) is 0 Å². The molecule has 4 heteroatoms. The van der Waals surface area contributed by atoms with Crippen molar-refractivity contribution in [3.8, 4) is 0 Å². The molecule has 1 rings (SSSR count). The Morgan fingerprint density at radius 3 is 2.72 bits per heavy atom. The summed E-state index contributed by atoms with van der Waals surface area (Å²) in [6.07, 6.45) is 4.78. The maximum absolute atomic E-state index is 11.9. The van der Waals surface area contributed by atoms with Crippen molar-refractivity contribution in [2.24, 2.45) is 24.6 Å². The Balaban J connectivity index is 2.34. The number of aryl methyl sites for hydroxylation is 2. The molecule has 4 nitrogen and oxygen atoms in total. The Kier molecular flexibility index (Phi) is 6.05. The summed E-state index contributed by atoms with van der Waals surface area (Å²) in [4.78, 5) is 11.9. The summed E-state index contributed by atoms with van der Waals surface area (Å²) in [6, 6.07) is 1.96. The molecule has 0 bridgehead atoms. The predicted molar refractivity (Wildman–Crippen MR) is 73.2 cm³/mol. The summed E-state index contributed by atoms with van der Waals surface area (Å²) in [5.41, 5.74) is 6.83. The highest BCUT2D eigenvalue weighted by molar-refractivity contribution is 5.78. The Morgan fingerprint density at radius 1 is 1.50 bits per heavy atom. The van der Waals surface area contributed by atoms with E-state index in [1.807, 2.05) is 17.8 Å². The van der Waals surface area contributed by atoms with Crippen LogP contribution in [-0.4, -0.2) is 22.1 Å². The summed E-state index contributed by atoms with van der Waals surface area (Å²) >= 11 is 0. The van der Waals surface area contributed by atoms with Gasteiger partial charge in [0.15, 0.2) is 0 Å². The van der Waals surface area contributed by atoms with Crippen LogP contribution in [0.4, 0.5) is 0 Å². The molecule has 0 radical (unpaired) electrons. The van der Waals surface area contributed by atoms with Crippen molar-refractivity contribution in [2.45, 2.75) is 39.5 Å². The lowest BCUT2D eigenvalue weighted by molar-refractivity contribution is -0.120. The zero-order chi connectivity index (χ0) is 13.5. The van der Waals surface area contributed by atoms with Crippen LogP contribution in [0.2, 0.25) is 0 Å². The van der Waals surface area contributed by atoms with E-state index >= 15 is 0 Å². The SMILES string of the molecule is CC(C)CC(CN)CC(=O)CCc1ccnn1C. The second-order valence-electron chi connectivity index (χ2n) is 5.42. The topological polar surface area (TPSA) is 60.9 Å². The molecule has 0 spiro atoms. The van der Waals surface area contributed by atoms with Gasteiger partial charge in [0.1, 0.15) is 5.78 Å². The summed E-state index contributed by atoms with van der Waals surface area (Å²) in [7, 11) is 1.90. The zero-order valence-electron chi connectivity index (χ0n) is 11.7. The molecule has 0 aliphatic heterocycles. The smallest absolute Gasteiger partial charge is 0.133 e. The molecule has 0 aromatic carbocycles. The normalized spacial score (nSPS) is 12.9. The van der Waals surface area contributed by atoms with E-state index in [1.165, 1.54) is 0 Å². The lowest BCUT2D eigenvalue weighted by atomic mass is 9.91. The molecule has 0 aliphatic rings. The Labute approximate surface area is 110 Å². The summed E-state index contributed by atoms with van der Waals surface area (Å²) in [6.45, 7) is 4.95. The molecule has 1 aromatic rings. The van der Waals surface area contributed by atoms with Crippen LogP contribution in [0.25, 0.3) is 0 Å². The molecule has 0 aliphatic carbocycles. The summed E-state index contributed by atoms with van der Waals surface area (Å²) < 4.78 is 1.82. The Hall–Kier alpha value is -1.16. The number of Topliss-reactive ketones (excluding diaryl/α,β-unsaturated/α-hetero) is 1. The molecule has 0 saturated carbocycles. The Bertz CT molecular complexity index is 371. The fourth-order valence-corrected chi connectivity index (χ4v) is 2.27. The second kappa shape index (κ2) is 7.31. The maximum Gasteiger partial charge on any atom is 0.133 e. The van der Waals surface area contributed by atoms with Crippen LogP contribution >= 0.6 is 0 Å². The van der Waals surface area contributed by atoms with Gasteiger partial charge in [-0.3, -0.25) is 9.48 Å². The van der Waals surface area contributed by atoms with Gasteiger partial charge in [0.25, 0.3) is 0 Å². The van der Waals surface area contributed by atoms with E-state index in [0.29, 0.717) is 37.0 Å². The first-order valence-electron chi connectivity index (χ1n) is 6.71. The van der Waals surface area contributed by atoms with Crippen LogP contribution in [0.15, 0.2) is 12.3 Å². The van der Waals surface area contributed by atoms with E-state index in [4.69, 9.17) is 5.73 Å². The van der Waals surface area contributed by atoms with Crippen LogP contribution in [0.3, 0.4) is 0 Å². The number of carbonyl (C=O) groups excluding carboxylic acids is 1. The van der Waals surface area contributed by atoms with Gasteiger partial charge < -0.3 is 5.73 Å². The van der Waals surface area contributed by atoms with Gasteiger partial charge in [0, 0.05) is 31.8 Å². The van der Waals surface area contributed by atoms with Gasteiger partial charge in [-0.25, -0.2) is 0 Å². The molecule has 1 aromatic heterocycles. The van der Waals surface area contributed by atoms with Crippen molar-refractivity contribution in [2.75, 3.05) is 6.54 Å². The summed E-state index contributed by atoms with van der Waals surface area (Å²) in [5, 5.41) is 4.10. The van der Waals surface area contributed by atoms with Crippen LogP contribution in [-0.2, 0) is 18.3 Å². The molecular weight excluding hydrogens is 226 g/mol. The fourth-order valence-electron chi connectivity index (χ4n) is 2.27. The first-order valence-corrected chi connectivity index (χ1v) is 6.71. The summed E-state index contributed by atoms with van der Waals surface area (Å²) in [5.74, 6) is 1.25. The second-order valence-corrected chi connectivity index (χ2v) is 5.42. The molecule has 1 unspecified atom stereocenters. The standard InChI is InChI=1S/C14H25N3O/c1-11(2)8-12(10-15)9-14(18)5-4-13-6-7-16-17(13)3/h6-7,11-12H,4-5,8-10,15H2,1-3H3. The van der Waals surface area contributed by atoms with E-state index in [2.05, 4.69) is 18.9 Å². The third-order valence-corrected chi connectivity index (χ3v) is 3.24. The van der Waals surface area contributed by atoms with Gasteiger partial charge in [-0.05, 0) is 37.3 Å². The van der Waals surface area contributed by atoms with Gasteiger partial charge >= 0.3 is 0 Å². The van der Waals surface area contributed by atoms with Crippen LogP contribution in [0.1, 0.15) is 38.8 Å². The van der Waals surface area contributed by atoms with E-state index in [9.17, 15) is 4.79 Å². The van der Waals surface area contributed by atoms with E-state index < -0.39 is 0 Å². The van der Waals surface area contributed by atoms with Crippen LogP contribution < -0.4 is 5.73 Å². The van der Waals surface area contributed by atoms with Gasteiger partial charge in [0.2, 0.25) is 0 Å². The molecule has 0 amide bonds. The average Bonchev–Trinajstić information content (AvgIpc) is 2.70. The zero-order valence-corrected chi connectivity index (χ0v) is 11.7. The average molecular weight is 251 g/mol. The molecule has 1 heterocycles. The molecule has 0 saturated heterocycles. The maximum atomic E-state index is 11.9. The van der Waals surface area contributed by atoms with Gasteiger partial charge in [-0.1, -0.05) is 13.8 Å². The number of rotatable bonds is 8. The largest absolute Gasteiger partial charge is 0.330 e. The number of nitrogens with two attached hydrogens (primary N) is 1. The number of hydrogen-bond donors (Lipinski definition) is 1. The highest BCUT2D eigenvalue weighted by Crippen LogP contribution is 2.16. The van der Waals surface area contributed by atoms with Gasteiger partial charge in [-0.15, -0.1) is 0 Å². The third-order valence-electron chi connectivity index (χ3n) is 3.24. The van der Waals surface area contributed by atoms with E-state index in [-0.39, 0.29) is 0 Å².